The molecule has 2 aromatic carbocycles. The summed E-state index contributed by atoms with van der Waals surface area (Å²) >= 11 is 11.9. The van der Waals surface area contributed by atoms with Gasteiger partial charge in [0.15, 0.2) is 6.61 Å². The standard InChI is InChI=1S/C20H16Cl2N2O3/c21-14-8-9-19(16(22)11-14)27-13-20(26)24(12-15-5-3-4-10-23-15)17-6-1-2-7-18(17)25/h1-11,25H,12-13H2. The SMILES string of the molecule is O=C(COc1ccc(Cl)cc1Cl)N(Cc1ccccn1)c1ccccc1O. The number of carbonyl (C=O) groups excluding carboxylic acids is 1. The van der Waals surface area contributed by atoms with Gasteiger partial charge in [-0.05, 0) is 42.5 Å². The van der Waals surface area contributed by atoms with Gasteiger partial charge in [0.25, 0.3) is 5.91 Å². The van der Waals surface area contributed by atoms with Gasteiger partial charge in [0.05, 0.1) is 22.9 Å². The maximum absolute atomic E-state index is 12.8. The molecule has 0 saturated carbocycles. The largest absolute Gasteiger partial charge is 0.506 e. The number of hydrogen-bond acceptors (Lipinski definition) is 4. The van der Waals surface area contributed by atoms with Crippen LogP contribution in [0.5, 0.6) is 11.5 Å². The molecule has 138 valence electrons. The molecule has 0 spiro atoms. The monoisotopic (exact) mass is 402 g/mol. The summed E-state index contributed by atoms with van der Waals surface area (Å²) in [5.74, 6) is -0.0102. The lowest BCUT2D eigenvalue weighted by molar-refractivity contribution is -0.120. The molecule has 0 unspecified atom stereocenters. The van der Waals surface area contributed by atoms with Crippen LogP contribution in [0.3, 0.4) is 0 Å². The third kappa shape index (κ3) is 4.90. The van der Waals surface area contributed by atoms with Crippen molar-refractivity contribution in [2.45, 2.75) is 6.54 Å². The van der Waals surface area contributed by atoms with E-state index in [4.69, 9.17) is 27.9 Å². The summed E-state index contributed by atoms with van der Waals surface area (Å²) in [6, 6.07) is 16.8. The summed E-state index contributed by atoms with van der Waals surface area (Å²) < 4.78 is 5.55. The number of para-hydroxylation sites is 2. The molecule has 27 heavy (non-hydrogen) atoms. The van der Waals surface area contributed by atoms with Crippen molar-refractivity contribution < 1.29 is 14.6 Å². The highest BCUT2D eigenvalue weighted by molar-refractivity contribution is 6.35. The molecule has 0 fully saturated rings. The topological polar surface area (TPSA) is 62.7 Å². The van der Waals surface area contributed by atoms with Gasteiger partial charge < -0.3 is 9.84 Å². The number of amides is 1. The van der Waals surface area contributed by atoms with Crippen LogP contribution in [0.4, 0.5) is 5.69 Å². The molecule has 1 N–H and O–H groups in total. The fourth-order valence-corrected chi connectivity index (χ4v) is 2.93. The van der Waals surface area contributed by atoms with E-state index in [0.29, 0.717) is 27.2 Å². The molecule has 3 aromatic rings. The fourth-order valence-electron chi connectivity index (χ4n) is 2.46. The zero-order valence-corrected chi connectivity index (χ0v) is 15.7. The minimum atomic E-state index is -0.354. The van der Waals surface area contributed by atoms with Crippen LogP contribution in [0.15, 0.2) is 66.9 Å². The number of benzene rings is 2. The van der Waals surface area contributed by atoms with Crippen molar-refractivity contribution in [1.29, 1.82) is 0 Å². The Balaban J connectivity index is 1.81. The highest BCUT2D eigenvalue weighted by Gasteiger charge is 2.20. The Morgan fingerprint density at radius 2 is 1.85 bits per heavy atom. The molecule has 0 radical (unpaired) electrons. The molecule has 7 heteroatoms. The Bertz CT molecular complexity index is 936. The van der Waals surface area contributed by atoms with E-state index in [0.717, 1.165) is 0 Å². The summed E-state index contributed by atoms with van der Waals surface area (Å²) in [4.78, 5) is 18.5. The number of aromatic hydroxyl groups is 1. The third-order valence-electron chi connectivity index (χ3n) is 3.76. The number of nitrogens with zero attached hydrogens (tertiary/aromatic N) is 2. The summed E-state index contributed by atoms with van der Waals surface area (Å²) in [6.45, 7) is -0.0719. The molecule has 1 heterocycles. The van der Waals surface area contributed by atoms with Crippen molar-refractivity contribution in [3.8, 4) is 11.5 Å². The lowest BCUT2D eigenvalue weighted by Crippen LogP contribution is -2.34. The second kappa shape index (κ2) is 8.75. The van der Waals surface area contributed by atoms with Gasteiger partial charge in [-0.25, -0.2) is 0 Å². The Hall–Kier alpha value is -2.76. The minimum Gasteiger partial charge on any atom is -0.506 e. The number of halogens is 2. The molecular formula is C20H16Cl2N2O3. The van der Waals surface area contributed by atoms with Crippen LogP contribution in [0.25, 0.3) is 0 Å². The van der Waals surface area contributed by atoms with Crippen LogP contribution in [-0.2, 0) is 11.3 Å². The van der Waals surface area contributed by atoms with Crippen LogP contribution in [0.1, 0.15) is 5.69 Å². The number of hydrogen-bond donors (Lipinski definition) is 1. The van der Waals surface area contributed by atoms with E-state index in [-0.39, 0.29) is 24.8 Å². The quantitative estimate of drug-likeness (QED) is 0.648. The summed E-state index contributed by atoms with van der Waals surface area (Å²) in [5, 5.41) is 11.0. The zero-order valence-electron chi connectivity index (χ0n) is 14.2. The van der Waals surface area contributed by atoms with E-state index < -0.39 is 0 Å². The van der Waals surface area contributed by atoms with Crippen molar-refractivity contribution in [3.63, 3.8) is 0 Å². The van der Waals surface area contributed by atoms with E-state index >= 15 is 0 Å². The summed E-state index contributed by atoms with van der Waals surface area (Å²) in [7, 11) is 0. The predicted molar refractivity (Wildman–Crippen MR) is 105 cm³/mol. The molecule has 0 saturated heterocycles. The maximum Gasteiger partial charge on any atom is 0.265 e. The van der Waals surface area contributed by atoms with Crippen molar-refractivity contribution in [2.24, 2.45) is 0 Å². The van der Waals surface area contributed by atoms with Gasteiger partial charge in [-0.3, -0.25) is 14.7 Å². The van der Waals surface area contributed by atoms with E-state index in [1.165, 1.54) is 17.0 Å². The van der Waals surface area contributed by atoms with Gasteiger partial charge in [0.2, 0.25) is 0 Å². The Labute approximate surface area is 166 Å². The van der Waals surface area contributed by atoms with Gasteiger partial charge in [-0.15, -0.1) is 0 Å². The Morgan fingerprint density at radius 3 is 2.56 bits per heavy atom. The van der Waals surface area contributed by atoms with Gasteiger partial charge in [0.1, 0.15) is 11.5 Å². The lowest BCUT2D eigenvalue weighted by Gasteiger charge is -2.23. The van der Waals surface area contributed by atoms with Crippen molar-refractivity contribution in [2.75, 3.05) is 11.5 Å². The van der Waals surface area contributed by atoms with Crippen LogP contribution in [0, 0.1) is 0 Å². The maximum atomic E-state index is 12.8. The van der Waals surface area contributed by atoms with E-state index in [1.54, 1.807) is 48.7 Å². The smallest absolute Gasteiger partial charge is 0.265 e. The first kappa shape index (κ1) is 19.0. The number of rotatable bonds is 6. The molecule has 0 aliphatic rings. The van der Waals surface area contributed by atoms with Crippen molar-refractivity contribution >= 4 is 34.8 Å². The molecule has 5 nitrogen and oxygen atoms in total. The lowest BCUT2D eigenvalue weighted by atomic mass is 10.2. The molecule has 0 bridgehead atoms. The highest BCUT2D eigenvalue weighted by Crippen LogP contribution is 2.29. The van der Waals surface area contributed by atoms with Crippen LogP contribution in [-0.4, -0.2) is 22.6 Å². The first-order valence-electron chi connectivity index (χ1n) is 8.10. The number of carbonyl (C=O) groups is 1. The fraction of sp³-hybridized carbons (Fsp3) is 0.100. The number of ether oxygens (including phenoxy) is 1. The van der Waals surface area contributed by atoms with E-state index in [2.05, 4.69) is 4.98 Å². The molecule has 1 amide bonds. The molecular weight excluding hydrogens is 387 g/mol. The van der Waals surface area contributed by atoms with Gasteiger partial charge in [0, 0.05) is 11.2 Å². The van der Waals surface area contributed by atoms with Gasteiger partial charge in [-0.2, -0.15) is 0 Å². The number of phenolic OH excluding ortho intramolecular Hbond substituents is 1. The minimum absolute atomic E-state index is 0.00805. The normalized spacial score (nSPS) is 10.4. The van der Waals surface area contributed by atoms with Gasteiger partial charge in [-0.1, -0.05) is 41.4 Å². The number of phenols is 1. The second-order valence-corrected chi connectivity index (χ2v) is 6.50. The van der Waals surface area contributed by atoms with Crippen LogP contribution < -0.4 is 9.64 Å². The molecule has 3 rings (SSSR count). The van der Waals surface area contributed by atoms with Crippen LogP contribution >= 0.6 is 23.2 Å². The first-order valence-corrected chi connectivity index (χ1v) is 8.86. The molecule has 0 aliphatic carbocycles. The second-order valence-electron chi connectivity index (χ2n) is 5.65. The number of anilines is 1. The third-order valence-corrected chi connectivity index (χ3v) is 4.30. The Kier molecular flexibility index (Phi) is 6.16. The van der Waals surface area contributed by atoms with E-state index in [9.17, 15) is 9.90 Å². The van der Waals surface area contributed by atoms with E-state index in [1.807, 2.05) is 6.07 Å². The zero-order chi connectivity index (χ0) is 19.2. The first-order chi connectivity index (χ1) is 13.0. The number of pyridine rings is 1. The highest BCUT2D eigenvalue weighted by atomic mass is 35.5. The van der Waals surface area contributed by atoms with Crippen molar-refractivity contribution in [3.05, 3.63) is 82.6 Å². The Morgan fingerprint density at radius 1 is 1.07 bits per heavy atom. The molecule has 0 aliphatic heterocycles. The summed E-state index contributed by atoms with van der Waals surface area (Å²) in [5.41, 5.74) is 1.05. The number of aromatic nitrogens is 1. The molecule has 0 atom stereocenters. The van der Waals surface area contributed by atoms with Crippen molar-refractivity contribution in [1.82, 2.24) is 4.98 Å². The van der Waals surface area contributed by atoms with Gasteiger partial charge >= 0.3 is 0 Å². The summed E-state index contributed by atoms with van der Waals surface area (Å²) in [6.07, 6.45) is 1.65. The molecule has 1 aromatic heterocycles. The predicted octanol–water partition coefficient (Wildman–Crippen LogP) is 4.71. The average molecular weight is 403 g/mol. The average Bonchev–Trinajstić information content (AvgIpc) is 2.67. The van der Waals surface area contributed by atoms with Crippen LogP contribution in [0.2, 0.25) is 10.0 Å².